The molecule has 1 rings (SSSR count). The van der Waals surface area contributed by atoms with E-state index in [9.17, 15) is 18.4 Å². The van der Waals surface area contributed by atoms with Crippen molar-refractivity contribution in [1.82, 2.24) is 5.32 Å². The Labute approximate surface area is 146 Å². The van der Waals surface area contributed by atoms with E-state index in [0.717, 1.165) is 6.07 Å². The third kappa shape index (κ3) is 4.90. The number of hydrogen-bond acceptors (Lipinski definition) is 3. The predicted molar refractivity (Wildman–Crippen MR) is 89.3 cm³/mol. The van der Waals surface area contributed by atoms with E-state index in [1.165, 1.54) is 12.1 Å². The quantitative estimate of drug-likeness (QED) is 0.819. The summed E-state index contributed by atoms with van der Waals surface area (Å²) in [6.07, 6.45) is -2.66. The first-order valence-electron chi connectivity index (χ1n) is 7.86. The molecule has 2 N–H and O–H groups in total. The molecule has 0 atom stereocenters. The van der Waals surface area contributed by atoms with Crippen LogP contribution in [0.2, 0.25) is 0 Å². The largest absolute Gasteiger partial charge is 0.465 e. The van der Waals surface area contributed by atoms with Gasteiger partial charge in [0.25, 0.3) is 0 Å². The number of benzene rings is 1. The molecule has 0 bridgehead atoms. The Morgan fingerprint density at radius 2 is 1.44 bits per heavy atom. The number of carbonyl (C=O) groups is 2. The van der Waals surface area contributed by atoms with E-state index in [4.69, 9.17) is 9.84 Å². The highest BCUT2D eigenvalue weighted by atomic mass is 19.1. The molecule has 0 aliphatic carbocycles. The molecule has 0 fully saturated rings. The van der Waals surface area contributed by atoms with Crippen LogP contribution in [-0.2, 0) is 11.2 Å². The lowest BCUT2D eigenvalue weighted by Crippen LogP contribution is -2.59. The van der Waals surface area contributed by atoms with Crippen molar-refractivity contribution in [2.75, 3.05) is 0 Å². The third-order valence-electron chi connectivity index (χ3n) is 4.27. The Kier molecular flexibility index (Phi) is 5.82. The highest BCUT2D eigenvalue weighted by molar-refractivity contribution is 5.86. The highest BCUT2D eigenvalue weighted by Crippen LogP contribution is 2.49. The zero-order valence-electron chi connectivity index (χ0n) is 15.4. The summed E-state index contributed by atoms with van der Waals surface area (Å²) in [6, 6.07) is 3.11. The van der Waals surface area contributed by atoms with Crippen LogP contribution in [0.5, 0.6) is 0 Å². The van der Waals surface area contributed by atoms with Gasteiger partial charge in [0, 0.05) is 23.3 Å². The van der Waals surface area contributed by atoms with Gasteiger partial charge in [-0.1, -0.05) is 41.5 Å². The van der Waals surface area contributed by atoms with Gasteiger partial charge < -0.3 is 9.84 Å². The number of amides is 2. The number of carbonyl (C=O) groups excluding carboxylic acids is 1. The Morgan fingerprint density at radius 1 is 1.00 bits per heavy atom. The fraction of sp³-hybridized carbons (Fsp3) is 0.556. The standard InChI is InChI=1S/C18H25F2NO4/c1-16(2,3)18(17(4,5)6,25-15(24)21-14(22)23)10-11-7-12(19)9-13(20)8-11/h7-9H,10H2,1-6H3,(H,21,24)(H,22,23). The summed E-state index contributed by atoms with van der Waals surface area (Å²) >= 11 is 0. The maximum atomic E-state index is 13.6. The van der Waals surface area contributed by atoms with Crippen molar-refractivity contribution < 1.29 is 28.2 Å². The molecule has 7 heteroatoms. The number of nitrogens with one attached hydrogen (secondary N) is 1. The Balaban J connectivity index is 3.43. The summed E-state index contributed by atoms with van der Waals surface area (Å²) < 4.78 is 32.8. The molecule has 0 saturated heterocycles. The second-order valence-electron chi connectivity index (χ2n) is 8.10. The Hall–Kier alpha value is -2.18. The van der Waals surface area contributed by atoms with Crippen molar-refractivity contribution in [2.45, 2.75) is 53.6 Å². The summed E-state index contributed by atoms with van der Waals surface area (Å²) in [5.74, 6) is -1.47. The molecular formula is C18H25F2NO4. The lowest BCUT2D eigenvalue weighted by atomic mass is 9.60. The Morgan fingerprint density at radius 3 is 1.80 bits per heavy atom. The molecule has 5 nitrogen and oxygen atoms in total. The molecule has 1 aromatic rings. The van der Waals surface area contributed by atoms with Gasteiger partial charge in [-0.25, -0.2) is 23.7 Å². The fourth-order valence-electron chi connectivity index (χ4n) is 3.27. The molecule has 0 heterocycles. The van der Waals surface area contributed by atoms with Gasteiger partial charge in [-0.2, -0.15) is 0 Å². The van der Waals surface area contributed by atoms with Crippen LogP contribution in [0.3, 0.4) is 0 Å². The number of ether oxygens (including phenoxy) is 1. The molecular weight excluding hydrogens is 332 g/mol. The van der Waals surface area contributed by atoms with E-state index in [2.05, 4.69) is 0 Å². The fourth-order valence-corrected chi connectivity index (χ4v) is 3.27. The van der Waals surface area contributed by atoms with Crippen molar-refractivity contribution in [3.8, 4) is 0 Å². The van der Waals surface area contributed by atoms with Gasteiger partial charge in [-0.05, 0) is 17.7 Å². The van der Waals surface area contributed by atoms with Crippen LogP contribution in [0.25, 0.3) is 0 Å². The SMILES string of the molecule is CC(C)(C)C(Cc1cc(F)cc(F)c1)(OC(=O)NC(=O)O)C(C)(C)C. The zero-order valence-corrected chi connectivity index (χ0v) is 15.4. The average Bonchev–Trinajstić information content (AvgIpc) is 2.32. The van der Waals surface area contributed by atoms with Crippen LogP contribution in [0.4, 0.5) is 18.4 Å². The van der Waals surface area contributed by atoms with E-state index in [0.29, 0.717) is 5.56 Å². The predicted octanol–water partition coefficient (Wildman–Crippen LogP) is 4.74. The number of imide groups is 1. The molecule has 140 valence electrons. The summed E-state index contributed by atoms with van der Waals surface area (Å²) in [5, 5.41) is 10.4. The molecule has 0 aliphatic rings. The first-order chi connectivity index (χ1) is 11.2. The van der Waals surface area contributed by atoms with Crippen LogP contribution in [0.15, 0.2) is 18.2 Å². The molecule has 0 aromatic heterocycles. The van der Waals surface area contributed by atoms with Gasteiger partial charge in [0.1, 0.15) is 17.2 Å². The van der Waals surface area contributed by atoms with Gasteiger partial charge in [-0.15, -0.1) is 0 Å². The number of rotatable bonds is 3. The van der Waals surface area contributed by atoms with Crippen molar-refractivity contribution in [1.29, 1.82) is 0 Å². The number of alkyl carbamates (subject to hydrolysis) is 1. The van der Waals surface area contributed by atoms with Crippen molar-refractivity contribution in [3.63, 3.8) is 0 Å². The van der Waals surface area contributed by atoms with Crippen molar-refractivity contribution in [3.05, 3.63) is 35.4 Å². The van der Waals surface area contributed by atoms with Crippen LogP contribution < -0.4 is 5.32 Å². The minimum atomic E-state index is -1.54. The summed E-state index contributed by atoms with van der Waals surface area (Å²) in [6.45, 7) is 10.9. The number of hydrogen-bond donors (Lipinski definition) is 2. The van der Waals surface area contributed by atoms with E-state index in [1.54, 1.807) is 5.32 Å². The van der Waals surface area contributed by atoms with Gasteiger partial charge >= 0.3 is 12.2 Å². The topological polar surface area (TPSA) is 75.6 Å². The molecule has 25 heavy (non-hydrogen) atoms. The monoisotopic (exact) mass is 357 g/mol. The van der Waals surface area contributed by atoms with Gasteiger partial charge in [0.05, 0.1) is 0 Å². The lowest BCUT2D eigenvalue weighted by molar-refractivity contribution is -0.138. The van der Waals surface area contributed by atoms with Crippen LogP contribution in [0, 0.1) is 22.5 Å². The molecule has 0 spiro atoms. The van der Waals surface area contributed by atoms with Crippen molar-refractivity contribution >= 4 is 12.2 Å². The third-order valence-corrected chi connectivity index (χ3v) is 4.27. The number of halogens is 2. The smallest absolute Gasteiger partial charge is 0.417 e. The lowest BCUT2D eigenvalue weighted by Gasteiger charge is -2.52. The second-order valence-corrected chi connectivity index (χ2v) is 8.10. The van der Waals surface area contributed by atoms with Crippen LogP contribution >= 0.6 is 0 Å². The molecule has 1 aromatic carbocycles. The van der Waals surface area contributed by atoms with Crippen LogP contribution in [0.1, 0.15) is 47.1 Å². The highest BCUT2D eigenvalue weighted by Gasteiger charge is 2.54. The van der Waals surface area contributed by atoms with E-state index < -0.39 is 40.3 Å². The molecule has 0 saturated carbocycles. The number of carboxylic acid groups (broad SMARTS) is 1. The van der Waals surface area contributed by atoms with E-state index in [-0.39, 0.29) is 6.42 Å². The summed E-state index contributed by atoms with van der Waals surface area (Å²) in [5.41, 5.74) is -2.25. The maximum Gasteiger partial charge on any atom is 0.417 e. The normalized spacial score (nSPS) is 12.6. The van der Waals surface area contributed by atoms with Gasteiger partial charge in [0.2, 0.25) is 0 Å². The summed E-state index contributed by atoms with van der Waals surface area (Å²) in [4.78, 5) is 22.8. The first kappa shape index (κ1) is 20.9. The molecule has 0 unspecified atom stereocenters. The minimum absolute atomic E-state index is 0.0156. The van der Waals surface area contributed by atoms with Gasteiger partial charge in [0.15, 0.2) is 0 Å². The molecule has 2 amide bonds. The average molecular weight is 357 g/mol. The molecule has 0 aliphatic heterocycles. The first-order valence-corrected chi connectivity index (χ1v) is 7.86. The maximum absolute atomic E-state index is 13.6. The van der Waals surface area contributed by atoms with E-state index >= 15 is 0 Å². The second kappa shape index (κ2) is 6.98. The zero-order chi connectivity index (χ0) is 19.6. The van der Waals surface area contributed by atoms with Gasteiger partial charge in [-0.3, -0.25) is 0 Å². The van der Waals surface area contributed by atoms with Crippen LogP contribution in [-0.4, -0.2) is 22.9 Å². The van der Waals surface area contributed by atoms with E-state index in [1.807, 2.05) is 41.5 Å². The summed E-state index contributed by atoms with van der Waals surface area (Å²) in [7, 11) is 0. The Bertz CT molecular complexity index is 626. The van der Waals surface area contributed by atoms with Crippen molar-refractivity contribution in [2.24, 2.45) is 10.8 Å². The molecule has 0 radical (unpaired) electrons. The minimum Gasteiger partial charge on any atom is -0.465 e.